The van der Waals surface area contributed by atoms with Crippen molar-refractivity contribution >= 4 is 38.9 Å². The second kappa shape index (κ2) is 6.33. The van der Waals surface area contributed by atoms with E-state index in [1.165, 1.54) is 4.31 Å². The standard InChI is InChI=1S/C16H15ClN2O4S/c1-24(21,22)19-10-15(23-14-5-3-2-4-13(14)19)16(20)18-12-8-6-11(17)7-9-12/h2-9,15H,10H2,1H3,(H,18,20)/t15-/m0/s1. The number of nitrogens with one attached hydrogen (secondary N) is 1. The van der Waals surface area contributed by atoms with Crippen molar-refractivity contribution < 1.29 is 17.9 Å². The van der Waals surface area contributed by atoms with Gasteiger partial charge in [0.1, 0.15) is 5.75 Å². The molecular formula is C16H15ClN2O4S. The minimum Gasteiger partial charge on any atom is -0.476 e. The van der Waals surface area contributed by atoms with E-state index < -0.39 is 22.0 Å². The average molecular weight is 367 g/mol. The number of sulfonamides is 1. The molecule has 1 N–H and O–H groups in total. The van der Waals surface area contributed by atoms with Gasteiger partial charge in [0.05, 0.1) is 18.5 Å². The number of hydrogen-bond donors (Lipinski definition) is 1. The molecule has 1 aliphatic rings. The zero-order valence-electron chi connectivity index (χ0n) is 12.8. The number of halogens is 1. The summed E-state index contributed by atoms with van der Waals surface area (Å²) in [7, 11) is -3.53. The van der Waals surface area contributed by atoms with E-state index in [0.29, 0.717) is 22.1 Å². The fraction of sp³-hybridized carbons (Fsp3) is 0.188. The maximum absolute atomic E-state index is 12.4. The molecule has 2 aromatic rings. The van der Waals surface area contributed by atoms with Crippen LogP contribution in [0.4, 0.5) is 11.4 Å². The van der Waals surface area contributed by atoms with E-state index in [4.69, 9.17) is 16.3 Å². The molecule has 6 nitrogen and oxygen atoms in total. The molecule has 1 amide bonds. The molecule has 0 spiro atoms. The van der Waals surface area contributed by atoms with Gasteiger partial charge in [-0.2, -0.15) is 0 Å². The maximum Gasteiger partial charge on any atom is 0.267 e. The summed E-state index contributed by atoms with van der Waals surface area (Å²) < 4.78 is 30.9. The molecule has 0 fully saturated rings. The molecule has 8 heteroatoms. The molecule has 1 atom stereocenters. The van der Waals surface area contributed by atoms with E-state index in [2.05, 4.69) is 5.32 Å². The Balaban J connectivity index is 1.85. The fourth-order valence-corrected chi connectivity index (χ4v) is 3.45. The van der Waals surface area contributed by atoms with Gasteiger partial charge in [-0.05, 0) is 36.4 Å². The monoisotopic (exact) mass is 366 g/mol. The quantitative estimate of drug-likeness (QED) is 0.905. The van der Waals surface area contributed by atoms with E-state index in [0.717, 1.165) is 6.26 Å². The van der Waals surface area contributed by atoms with Gasteiger partial charge in [0, 0.05) is 10.7 Å². The zero-order chi connectivity index (χ0) is 17.3. The molecular weight excluding hydrogens is 352 g/mol. The van der Waals surface area contributed by atoms with E-state index >= 15 is 0 Å². The van der Waals surface area contributed by atoms with Crippen molar-refractivity contribution in [2.24, 2.45) is 0 Å². The summed E-state index contributed by atoms with van der Waals surface area (Å²) >= 11 is 5.81. The van der Waals surface area contributed by atoms with Gasteiger partial charge in [0.25, 0.3) is 5.91 Å². The minimum absolute atomic E-state index is 0.0880. The number of amides is 1. The molecule has 0 saturated carbocycles. The summed E-state index contributed by atoms with van der Waals surface area (Å²) in [4.78, 5) is 12.4. The Labute approximate surface area is 145 Å². The first-order chi connectivity index (χ1) is 11.3. The van der Waals surface area contributed by atoms with Crippen LogP contribution in [0.2, 0.25) is 5.02 Å². The highest BCUT2D eigenvalue weighted by Gasteiger charge is 2.34. The highest BCUT2D eigenvalue weighted by Crippen LogP contribution is 2.34. The lowest BCUT2D eigenvalue weighted by Gasteiger charge is -2.33. The van der Waals surface area contributed by atoms with Gasteiger partial charge in [-0.15, -0.1) is 0 Å². The Morgan fingerprint density at radius 3 is 2.54 bits per heavy atom. The van der Waals surface area contributed by atoms with Gasteiger partial charge < -0.3 is 10.1 Å². The first-order valence-corrected chi connectivity index (χ1v) is 9.37. The zero-order valence-corrected chi connectivity index (χ0v) is 14.3. The van der Waals surface area contributed by atoms with Crippen molar-refractivity contribution in [1.29, 1.82) is 0 Å². The molecule has 0 saturated heterocycles. The highest BCUT2D eigenvalue weighted by molar-refractivity contribution is 7.92. The summed E-state index contributed by atoms with van der Waals surface area (Å²) in [5.74, 6) is -0.0779. The second-order valence-electron chi connectivity index (χ2n) is 5.36. The number of anilines is 2. The van der Waals surface area contributed by atoms with Crippen LogP contribution in [0, 0.1) is 0 Å². The van der Waals surface area contributed by atoms with Gasteiger partial charge in [0.15, 0.2) is 6.10 Å². The molecule has 0 aromatic heterocycles. The number of fused-ring (bicyclic) bond motifs is 1. The number of carbonyl (C=O) groups is 1. The van der Waals surface area contributed by atoms with Gasteiger partial charge in [-0.25, -0.2) is 8.42 Å². The van der Waals surface area contributed by atoms with Crippen molar-refractivity contribution in [2.75, 3.05) is 22.4 Å². The second-order valence-corrected chi connectivity index (χ2v) is 7.71. The molecule has 24 heavy (non-hydrogen) atoms. The Kier molecular flexibility index (Phi) is 4.38. The average Bonchev–Trinajstić information content (AvgIpc) is 2.55. The van der Waals surface area contributed by atoms with Gasteiger partial charge >= 0.3 is 0 Å². The van der Waals surface area contributed by atoms with Crippen molar-refractivity contribution in [2.45, 2.75) is 6.10 Å². The van der Waals surface area contributed by atoms with Crippen LogP contribution in [-0.4, -0.2) is 33.2 Å². The number of ether oxygens (including phenoxy) is 1. The van der Waals surface area contributed by atoms with Gasteiger partial charge in [-0.1, -0.05) is 23.7 Å². The highest BCUT2D eigenvalue weighted by atomic mass is 35.5. The Morgan fingerprint density at radius 1 is 1.21 bits per heavy atom. The van der Waals surface area contributed by atoms with Crippen LogP contribution in [0.1, 0.15) is 0 Å². The van der Waals surface area contributed by atoms with Gasteiger partial charge in [-0.3, -0.25) is 9.10 Å². The van der Waals surface area contributed by atoms with Crippen molar-refractivity contribution in [3.05, 3.63) is 53.6 Å². The van der Waals surface area contributed by atoms with E-state index in [-0.39, 0.29) is 6.54 Å². The van der Waals surface area contributed by atoms with Gasteiger partial charge in [0.2, 0.25) is 10.0 Å². The Morgan fingerprint density at radius 2 is 1.88 bits per heavy atom. The predicted octanol–water partition coefficient (Wildman–Crippen LogP) is 2.51. The third-order valence-electron chi connectivity index (χ3n) is 3.54. The summed E-state index contributed by atoms with van der Waals surface area (Å²) in [6, 6.07) is 13.3. The first-order valence-electron chi connectivity index (χ1n) is 7.14. The number of rotatable bonds is 3. The lowest BCUT2D eigenvalue weighted by molar-refractivity contribution is -0.122. The molecule has 1 aliphatic heterocycles. The van der Waals surface area contributed by atoms with Crippen LogP contribution >= 0.6 is 11.6 Å². The minimum atomic E-state index is -3.53. The lowest BCUT2D eigenvalue weighted by atomic mass is 10.2. The number of nitrogens with zero attached hydrogens (tertiary/aromatic N) is 1. The predicted molar refractivity (Wildman–Crippen MR) is 93.1 cm³/mol. The normalized spacial score (nSPS) is 16.9. The number of para-hydroxylation sites is 2. The number of benzene rings is 2. The molecule has 0 bridgehead atoms. The van der Waals surface area contributed by atoms with Crippen LogP contribution in [-0.2, 0) is 14.8 Å². The number of carbonyl (C=O) groups excluding carboxylic acids is 1. The molecule has 1 heterocycles. The SMILES string of the molecule is CS(=O)(=O)N1C[C@@H](C(=O)Nc2ccc(Cl)cc2)Oc2ccccc21. The third kappa shape index (κ3) is 3.47. The molecule has 0 radical (unpaired) electrons. The number of hydrogen-bond acceptors (Lipinski definition) is 4. The molecule has 126 valence electrons. The summed E-state index contributed by atoms with van der Waals surface area (Å²) in [5, 5.41) is 3.25. The van der Waals surface area contributed by atoms with Crippen molar-refractivity contribution in [3.8, 4) is 5.75 Å². The van der Waals surface area contributed by atoms with Crippen LogP contribution < -0.4 is 14.4 Å². The smallest absolute Gasteiger partial charge is 0.267 e. The summed E-state index contributed by atoms with van der Waals surface area (Å²) in [6.07, 6.45) is 0.147. The van der Waals surface area contributed by atoms with E-state index in [1.807, 2.05) is 0 Å². The molecule has 3 rings (SSSR count). The van der Waals surface area contributed by atoms with E-state index in [9.17, 15) is 13.2 Å². The van der Waals surface area contributed by atoms with Crippen LogP contribution in [0.15, 0.2) is 48.5 Å². The van der Waals surface area contributed by atoms with Crippen LogP contribution in [0.3, 0.4) is 0 Å². The maximum atomic E-state index is 12.4. The summed E-state index contributed by atoms with van der Waals surface area (Å²) in [5.41, 5.74) is 0.980. The Bertz CT molecular complexity index is 868. The van der Waals surface area contributed by atoms with Crippen molar-refractivity contribution in [1.82, 2.24) is 0 Å². The molecule has 0 aliphatic carbocycles. The summed E-state index contributed by atoms with van der Waals surface area (Å²) in [6.45, 7) is -0.0880. The Hall–Kier alpha value is -2.25. The third-order valence-corrected chi connectivity index (χ3v) is 4.94. The van der Waals surface area contributed by atoms with E-state index in [1.54, 1.807) is 48.5 Å². The lowest BCUT2D eigenvalue weighted by Crippen LogP contribution is -2.48. The molecule has 2 aromatic carbocycles. The fourth-order valence-electron chi connectivity index (χ4n) is 2.41. The van der Waals surface area contributed by atoms with Crippen LogP contribution in [0.25, 0.3) is 0 Å². The molecule has 0 unspecified atom stereocenters. The topological polar surface area (TPSA) is 75.7 Å². The van der Waals surface area contributed by atoms with Crippen molar-refractivity contribution in [3.63, 3.8) is 0 Å². The largest absolute Gasteiger partial charge is 0.476 e. The first kappa shape index (κ1) is 16.6. The van der Waals surface area contributed by atoms with Crippen LogP contribution in [0.5, 0.6) is 5.75 Å².